The molecule has 0 spiro atoms. The molecule has 0 radical (unpaired) electrons. The second-order valence-corrected chi connectivity index (χ2v) is 7.52. The topological polar surface area (TPSA) is 53.4 Å². The van der Waals surface area contributed by atoms with E-state index in [2.05, 4.69) is 20.9 Å². The molecule has 1 N–H and O–H groups in total. The van der Waals surface area contributed by atoms with Crippen LogP contribution in [0, 0.1) is 5.92 Å². The number of hydrogen-bond donors (Lipinski definition) is 1. The maximum Gasteiger partial charge on any atom is 0.223 e. The molecule has 1 aliphatic rings. The molecule has 4 nitrogen and oxygen atoms in total. The summed E-state index contributed by atoms with van der Waals surface area (Å²) >= 11 is 3.41. The van der Waals surface area contributed by atoms with Gasteiger partial charge in [-0.1, -0.05) is 30.3 Å². The average molecular weight is 403 g/mol. The van der Waals surface area contributed by atoms with Crippen molar-refractivity contribution >= 4 is 21.8 Å². The van der Waals surface area contributed by atoms with Crippen LogP contribution in [-0.4, -0.2) is 33.5 Å². The number of aliphatic hydroxyl groups excluding tert-OH is 1. The molecule has 25 heavy (non-hydrogen) atoms. The Hall–Kier alpha value is -1.72. The lowest BCUT2D eigenvalue weighted by molar-refractivity contribution is -0.135. The van der Waals surface area contributed by atoms with Crippen LogP contribution in [0.25, 0.3) is 0 Å². The standard InChI is InChI=1S/C20H23BrN2O2/c21-18-10-16(11-22-12-18)6-9-20(25)23(19(14-24)17-7-8-17)13-15-4-2-1-3-5-15/h1-5,10-12,17,19,24H,6-9,13-14H2. The summed E-state index contributed by atoms with van der Waals surface area (Å²) in [5.41, 5.74) is 2.13. The first kappa shape index (κ1) is 18.1. The zero-order chi connectivity index (χ0) is 17.6. The molecule has 1 aliphatic carbocycles. The Morgan fingerprint density at radius 3 is 2.64 bits per heavy atom. The molecule has 1 aromatic carbocycles. The number of amides is 1. The van der Waals surface area contributed by atoms with Gasteiger partial charge < -0.3 is 10.0 Å². The molecule has 0 saturated heterocycles. The largest absolute Gasteiger partial charge is 0.394 e. The smallest absolute Gasteiger partial charge is 0.223 e. The Balaban J connectivity index is 1.69. The van der Waals surface area contributed by atoms with Crippen molar-refractivity contribution in [3.63, 3.8) is 0 Å². The molecule has 1 heterocycles. The SMILES string of the molecule is O=C(CCc1cncc(Br)c1)N(Cc1ccccc1)C(CO)C1CC1. The average Bonchev–Trinajstić information content (AvgIpc) is 3.45. The van der Waals surface area contributed by atoms with Crippen LogP contribution in [0.4, 0.5) is 0 Å². The summed E-state index contributed by atoms with van der Waals surface area (Å²) in [4.78, 5) is 18.9. The molecule has 0 aliphatic heterocycles. The Morgan fingerprint density at radius 2 is 2.00 bits per heavy atom. The molecule has 1 fully saturated rings. The van der Waals surface area contributed by atoms with Crippen LogP contribution in [-0.2, 0) is 17.8 Å². The van der Waals surface area contributed by atoms with Gasteiger partial charge in [0.1, 0.15) is 0 Å². The highest BCUT2D eigenvalue weighted by Crippen LogP contribution is 2.36. The molecule has 1 amide bonds. The van der Waals surface area contributed by atoms with Crippen molar-refractivity contribution in [2.75, 3.05) is 6.61 Å². The molecule has 3 rings (SSSR count). The van der Waals surface area contributed by atoms with E-state index in [0.717, 1.165) is 28.4 Å². The number of rotatable bonds is 8. The van der Waals surface area contributed by atoms with Crippen LogP contribution in [0.5, 0.6) is 0 Å². The van der Waals surface area contributed by atoms with Gasteiger partial charge in [-0.05, 0) is 58.3 Å². The molecular formula is C20H23BrN2O2. The van der Waals surface area contributed by atoms with Crippen LogP contribution in [0.1, 0.15) is 30.4 Å². The number of aliphatic hydroxyl groups is 1. The quantitative estimate of drug-likeness (QED) is 0.733. The highest BCUT2D eigenvalue weighted by atomic mass is 79.9. The summed E-state index contributed by atoms with van der Waals surface area (Å²) in [5, 5.41) is 9.85. The molecular weight excluding hydrogens is 380 g/mol. The minimum absolute atomic E-state index is 0.0294. The van der Waals surface area contributed by atoms with E-state index in [0.29, 0.717) is 25.3 Å². The van der Waals surface area contributed by atoms with E-state index in [4.69, 9.17) is 0 Å². The van der Waals surface area contributed by atoms with E-state index in [1.165, 1.54) is 0 Å². The lowest BCUT2D eigenvalue weighted by Gasteiger charge is -2.31. The zero-order valence-corrected chi connectivity index (χ0v) is 15.7. The van der Waals surface area contributed by atoms with Crippen molar-refractivity contribution in [2.45, 2.75) is 38.3 Å². The van der Waals surface area contributed by atoms with Gasteiger partial charge in [-0.2, -0.15) is 0 Å². The number of hydrogen-bond acceptors (Lipinski definition) is 3. The Kier molecular flexibility index (Phi) is 6.21. The van der Waals surface area contributed by atoms with Gasteiger partial charge in [0.15, 0.2) is 0 Å². The maximum atomic E-state index is 12.9. The summed E-state index contributed by atoms with van der Waals surface area (Å²) in [6.45, 7) is 0.583. The van der Waals surface area contributed by atoms with E-state index < -0.39 is 0 Å². The van der Waals surface area contributed by atoms with E-state index in [1.807, 2.05) is 41.3 Å². The number of aromatic nitrogens is 1. The van der Waals surface area contributed by atoms with Crippen LogP contribution in [0.2, 0.25) is 0 Å². The maximum absolute atomic E-state index is 12.9. The van der Waals surface area contributed by atoms with Gasteiger partial charge >= 0.3 is 0 Å². The van der Waals surface area contributed by atoms with Gasteiger partial charge in [0, 0.05) is 29.8 Å². The number of pyridine rings is 1. The zero-order valence-electron chi connectivity index (χ0n) is 14.1. The summed E-state index contributed by atoms with van der Waals surface area (Å²) in [6, 6.07) is 11.9. The lowest BCUT2D eigenvalue weighted by atomic mass is 10.1. The number of halogens is 1. The molecule has 0 bridgehead atoms. The Bertz CT molecular complexity index is 704. The summed E-state index contributed by atoms with van der Waals surface area (Å²) in [6.07, 6.45) is 6.80. The normalized spacial score (nSPS) is 15.0. The lowest BCUT2D eigenvalue weighted by Crippen LogP contribution is -2.43. The molecule has 2 aromatic rings. The van der Waals surface area contributed by atoms with E-state index >= 15 is 0 Å². The predicted octanol–water partition coefficient (Wildman–Crippen LogP) is 3.58. The highest BCUT2D eigenvalue weighted by molar-refractivity contribution is 9.10. The number of aryl methyl sites for hydroxylation is 1. The Labute approximate surface area is 157 Å². The van der Waals surface area contributed by atoms with Gasteiger partial charge in [-0.3, -0.25) is 9.78 Å². The fourth-order valence-electron chi connectivity index (χ4n) is 3.14. The van der Waals surface area contributed by atoms with Crippen LogP contribution >= 0.6 is 15.9 Å². The molecule has 5 heteroatoms. The van der Waals surface area contributed by atoms with Gasteiger partial charge in [-0.15, -0.1) is 0 Å². The minimum atomic E-state index is -0.0756. The van der Waals surface area contributed by atoms with Crippen molar-refractivity contribution in [1.82, 2.24) is 9.88 Å². The first-order valence-electron chi connectivity index (χ1n) is 8.71. The van der Waals surface area contributed by atoms with Crippen molar-refractivity contribution < 1.29 is 9.90 Å². The fourth-order valence-corrected chi connectivity index (χ4v) is 3.55. The van der Waals surface area contributed by atoms with Crippen LogP contribution < -0.4 is 0 Å². The predicted molar refractivity (Wildman–Crippen MR) is 101 cm³/mol. The fraction of sp³-hybridized carbons (Fsp3) is 0.400. The molecule has 1 aromatic heterocycles. The van der Waals surface area contributed by atoms with Gasteiger partial charge in [0.25, 0.3) is 0 Å². The van der Waals surface area contributed by atoms with Crippen molar-refractivity contribution in [1.29, 1.82) is 0 Å². The first-order chi connectivity index (χ1) is 12.2. The van der Waals surface area contributed by atoms with Gasteiger partial charge in [0.2, 0.25) is 5.91 Å². The molecule has 1 saturated carbocycles. The number of nitrogens with zero attached hydrogens (tertiary/aromatic N) is 2. The van der Waals surface area contributed by atoms with Crippen molar-refractivity contribution in [3.8, 4) is 0 Å². The van der Waals surface area contributed by atoms with Gasteiger partial charge in [-0.25, -0.2) is 0 Å². The van der Waals surface area contributed by atoms with Crippen molar-refractivity contribution in [2.24, 2.45) is 5.92 Å². The van der Waals surface area contributed by atoms with E-state index in [1.54, 1.807) is 12.4 Å². The second kappa shape index (κ2) is 8.59. The van der Waals surface area contributed by atoms with E-state index in [9.17, 15) is 9.90 Å². The number of carbonyl (C=O) groups excluding carboxylic acids is 1. The molecule has 132 valence electrons. The highest BCUT2D eigenvalue weighted by Gasteiger charge is 2.36. The Morgan fingerprint density at radius 1 is 1.24 bits per heavy atom. The third-order valence-electron chi connectivity index (χ3n) is 4.66. The minimum Gasteiger partial charge on any atom is -0.394 e. The summed E-state index contributed by atoms with van der Waals surface area (Å²) < 4.78 is 0.921. The van der Waals surface area contributed by atoms with Crippen LogP contribution in [0.3, 0.4) is 0 Å². The molecule has 1 atom stereocenters. The van der Waals surface area contributed by atoms with E-state index in [-0.39, 0.29) is 18.6 Å². The number of benzene rings is 1. The molecule has 1 unspecified atom stereocenters. The summed E-state index contributed by atoms with van der Waals surface area (Å²) in [7, 11) is 0. The monoisotopic (exact) mass is 402 g/mol. The number of carbonyl (C=O) groups is 1. The third-order valence-corrected chi connectivity index (χ3v) is 5.09. The van der Waals surface area contributed by atoms with Gasteiger partial charge in [0.05, 0.1) is 12.6 Å². The van der Waals surface area contributed by atoms with Crippen LogP contribution in [0.15, 0.2) is 53.3 Å². The summed E-state index contributed by atoms with van der Waals surface area (Å²) in [5.74, 6) is 0.528. The second-order valence-electron chi connectivity index (χ2n) is 6.61. The van der Waals surface area contributed by atoms with Crippen molar-refractivity contribution in [3.05, 3.63) is 64.4 Å². The third kappa shape index (κ3) is 5.13. The first-order valence-corrected chi connectivity index (χ1v) is 9.50.